The van der Waals surface area contributed by atoms with Crippen molar-refractivity contribution in [2.45, 2.75) is 39.3 Å². The van der Waals surface area contributed by atoms with Crippen LogP contribution in [0.1, 0.15) is 38.1 Å². The molecule has 144 valence electrons. The molecule has 0 saturated carbocycles. The number of nitrogens with one attached hydrogen (secondary N) is 2. The van der Waals surface area contributed by atoms with Gasteiger partial charge in [0.1, 0.15) is 11.9 Å². The summed E-state index contributed by atoms with van der Waals surface area (Å²) in [7, 11) is 1.72. The third kappa shape index (κ3) is 7.41. The minimum absolute atomic E-state index is 0. The standard InChI is InChI=1S/C18H25ClN4O2.HI/c1-12(2)17-9-16(25-23-17)11-22-18(20-4)21-10-13(3)24-15-7-5-6-14(19)8-15;/h5-9,12-13H,10-11H2,1-4H3,(H2,20,21,22);1H. The maximum Gasteiger partial charge on any atom is 0.191 e. The van der Waals surface area contributed by atoms with Crippen LogP contribution in [0.4, 0.5) is 0 Å². The summed E-state index contributed by atoms with van der Waals surface area (Å²) in [6.45, 7) is 7.25. The molecule has 0 fully saturated rings. The van der Waals surface area contributed by atoms with Gasteiger partial charge in [0.25, 0.3) is 0 Å². The molecule has 0 aliphatic heterocycles. The van der Waals surface area contributed by atoms with Crippen LogP contribution in [-0.2, 0) is 6.54 Å². The highest BCUT2D eigenvalue weighted by Crippen LogP contribution is 2.18. The lowest BCUT2D eigenvalue weighted by atomic mass is 10.1. The molecule has 2 aromatic rings. The van der Waals surface area contributed by atoms with Crippen molar-refractivity contribution in [2.24, 2.45) is 4.99 Å². The molecule has 0 spiro atoms. The predicted molar refractivity (Wildman–Crippen MR) is 116 cm³/mol. The molecule has 0 bridgehead atoms. The van der Waals surface area contributed by atoms with Gasteiger partial charge >= 0.3 is 0 Å². The number of hydrogen-bond acceptors (Lipinski definition) is 4. The van der Waals surface area contributed by atoms with Crippen molar-refractivity contribution in [3.8, 4) is 5.75 Å². The van der Waals surface area contributed by atoms with E-state index in [1.807, 2.05) is 31.2 Å². The van der Waals surface area contributed by atoms with Gasteiger partial charge in [-0.3, -0.25) is 4.99 Å². The molecule has 1 aromatic heterocycles. The highest BCUT2D eigenvalue weighted by Gasteiger charge is 2.09. The fraction of sp³-hybridized carbons (Fsp3) is 0.444. The van der Waals surface area contributed by atoms with Crippen molar-refractivity contribution in [3.05, 3.63) is 46.8 Å². The van der Waals surface area contributed by atoms with Crippen LogP contribution in [0.25, 0.3) is 0 Å². The summed E-state index contributed by atoms with van der Waals surface area (Å²) >= 11 is 5.96. The number of guanidine groups is 1. The van der Waals surface area contributed by atoms with E-state index in [1.165, 1.54) is 0 Å². The SMILES string of the molecule is CN=C(NCc1cc(C(C)C)no1)NCC(C)Oc1cccc(Cl)c1.I. The van der Waals surface area contributed by atoms with E-state index in [2.05, 4.69) is 34.6 Å². The first-order valence-electron chi connectivity index (χ1n) is 8.30. The second kappa shape index (κ2) is 11.3. The van der Waals surface area contributed by atoms with Crippen molar-refractivity contribution in [1.29, 1.82) is 0 Å². The number of benzene rings is 1. The van der Waals surface area contributed by atoms with Gasteiger partial charge in [0.15, 0.2) is 11.7 Å². The summed E-state index contributed by atoms with van der Waals surface area (Å²) in [5.41, 5.74) is 0.947. The maximum atomic E-state index is 5.96. The molecule has 8 heteroatoms. The fourth-order valence-corrected chi connectivity index (χ4v) is 2.31. The Bertz CT molecular complexity index is 706. The number of ether oxygens (including phenoxy) is 1. The fourth-order valence-electron chi connectivity index (χ4n) is 2.13. The van der Waals surface area contributed by atoms with Crippen molar-refractivity contribution >= 4 is 41.5 Å². The zero-order chi connectivity index (χ0) is 18.2. The van der Waals surface area contributed by atoms with Crippen molar-refractivity contribution < 1.29 is 9.26 Å². The molecule has 2 N–H and O–H groups in total. The van der Waals surface area contributed by atoms with Crippen LogP contribution in [0.15, 0.2) is 39.8 Å². The normalized spacial score (nSPS) is 12.5. The van der Waals surface area contributed by atoms with Crippen LogP contribution in [-0.4, -0.2) is 30.8 Å². The Morgan fingerprint density at radius 3 is 2.65 bits per heavy atom. The van der Waals surface area contributed by atoms with Crippen LogP contribution in [0.5, 0.6) is 5.75 Å². The van der Waals surface area contributed by atoms with Crippen LogP contribution >= 0.6 is 35.6 Å². The number of nitrogens with zero attached hydrogens (tertiary/aromatic N) is 2. The van der Waals surface area contributed by atoms with Gasteiger partial charge in [-0.05, 0) is 31.0 Å². The minimum atomic E-state index is -0.0464. The molecule has 1 heterocycles. The van der Waals surface area contributed by atoms with Gasteiger partial charge in [-0.1, -0.05) is 36.7 Å². The molecule has 1 aromatic carbocycles. The zero-order valence-electron chi connectivity index (χ0n) is 15.5. The number of rotatable bonds is 7. The summed E-state index contributed by atoms with van der Waals surface area (Å²) in [5, 5.41) is 11.1. The lowest BCUT2D eigenvalue weighted by Crippen LogP contribution is -2.41. The summed E-state index contributed by atoms with van der Waals surface area (Å²) in [5.74, 6) is 2.53. The quantitative estimate of drug-likeness (QED) is 0.344. The Balaban J connectivity index is 0.00000338. The zero-order valence-corrected chi connectivity index (χ0v) is 18.5. The van der Waals surface area contributed by atoms with Crippen LogP contribution < -0.4 is 15.4 Å². The Kier molecular flexibility index (Phi) is 9.79. The molecule has 0 saturated heterocycles. The second-order valence-corrected chi connectivity index (χ2v) is 6.50. The van der Waals surface area contributed by atoms with Gasteiger partial charge in [-0.15, -0.1) is 24.0 Å². The largest absolute Gasteiger partial charge is 0.489 e. The van der Waals surface area contributed by atoms with Gasteiger partial charge < -0.3 is 19.9 Å². The second-order valence-electron chi connectivity index (χ2n) is 6.07. The lowest BCUT2D eigenvalue weighted by Gasteiger charge is -2.17. The van der Waals surface area contributed by atoms with Crippen LogP contribution in [0, 0.1) is 0 Å². The first-order chi connectivity index (χ1) is 12.0. The first-order valence-corrected chi connectivity index (χ1v) is 8.68. The molecule has 6 nitrogen and oxygen atoms in total. The van der Waals surface area contributed by atoms with Gasteiger partial charge in [0, 0.05) is 18.1 Å². The van der Waals surface area contributed by atoms with Crippen molar-refractivity contribution in [3.63, 3.8) is 0 Å². The lowest BCUT2D eigenvalue weighted by molar-refractivity contribution is 0.224. The number of aliphatic imine (C=N–C) groups is 1. The topological polar surface area (TPSA) is 71.7 Å². The number of aromatic nitrogens is 1. The average Bonchev–Trinajstić information content (AvgIpc) is 3.04. The molecule has 0 radical (unpaired) electrons. The number of halogens is 2. The smallest absolute Gasteiger partial charge is 0.191 e. The highest BCUT2D eigenvalue weighted by atomic mass is 127. The van der Waals surface area contributed by atoms with E-state index in [-0.39, 0.29) is 30.1 Å². The summed E-state index contributed by atoms with van der Waals surface area (Å²) in [6.07, 6.45) is -0.0464. The molecule has 26 heavy (non-hydrogen) atoms. The molecule has 1 atom stereocenters. The Hall–Kier alpha value is -1.48. The molecular formula is C18H26ClIN4O2. The molecule has 0 aliphatic carbocycles. The van der Waals surface area contributed by atoms with E-state index in [0.29, 0.717) is 30.0 Å². The summed E-state index contributed by atoms with van der Waals surface area (Å²) in [6, 6.07) is 9.31. The molecule has 2 rings (SSSR count). The van der Waals surface area contributed by atoms with Crippen molar-refractivity contribution in [1.82, 2.24) is 15.8 Å². The van der Waals surface area contributed by atoms with Gasteiger partial charge in [0.05, 0.1) is 18.8 Å². The molecule has 0 amide bonds. The molecular weight excluding hydrogens is 467 g/mol. The third-order valence-electron chi connectivity index (χ3n) is 3.51. The van der Waals surface area contributed by atoms with Gasteiger partial charge in [-0.2, -0.15) is 0 Å². The third-order valence-corrected chi connectivity index (χ3v) is 3.75. The summed E-state index contributed by atoms with van der Waals surface area (Å²) < 4.78 is 11.1. The number of hydrogen-bond donors (Lipinski definition) is 2. The predicted octanol–water partition coefficient (Wildman–Crippen LogP) is 4.20. The summed E-state index contributed by atoms with van der Waals surface area (Å²) in [4.78, 5) is 4.19. The monoisotopic (exact) mass is 492 g/mol. The average molecular weight is 493 g/mol. The van der Waals surface area contributed by atoms with E-state index in [0.717, 1.165) is 17.2 Å². The van der Waals surface area contributed by atoms with E-state index in [4.69, 9.17) is 20.9 Å². The van der Waals surface area contributed by atoms with Gasteiger partial charge in [-0.25, -0.2) is 0 Å². The molecule has 0 aliphatic rings. The maximum absolute atomic E-state index is 5.96. The van der Waals surface area contributed by atoms with Crippen LogP contribution in [0.2, 0.25) is 5.02 Å². The molecule has 1 unspecified atom stereocenters. The van der Waals surface area contributed by atoms with E-state index >= 15 is 0 Å². The van der Waals surface area contributed by atoms with Crippen molar-refractivity contribution in [2.75, 3.05) is 13.6 Å². The Morgan fingerprint density at radius 2 is 2.04 bits per heavy atom. The Morgan fingerprint density at radius 1 is 1.27 bits per heavy atom. The first kappa shape index (κ1) is 22.6. The van der Waals surface area contributed by atoms with Crippen LogP contribution in [0.3, 0.4) is 0 Å². The van der Waals surface area contributed by atoms with E-state index in [1.54, 1.807) is 13.1 Å². The minimum Gasteiger partial charge on any atom is -0.489 e. The Labute approximate surface area is 176 Å². The van der Waals surface area contributed by atoms with Gasteiger partial charge in [0.2, 0.25) is 0 Å². The van der Waals surface area contributed by atoms with E-state index in [9.17, 15) is 0 Å². The highest BCUT2D eigenvalue weighted by molar-refractivity contribution is 14.0. The van der Waals surface area contributed by atoms with E-state index < -0.39 is 0 Å².